The highest BCUT2D eigenvalue weighted by Crippen LogP contribution is 2.17. The molecule has 10 heteroatoms. The van der Waals surface area contributed by atoms with Crippen LogP contribution in [0.15, 0.2) is 24.3 Å². The highest BCUT2D eigenvalue weighted by Gasteiger charge is 2.28. The lowest BCUT2D eigenvalue weighted by atomic mass is 10.1. The molecule has 28 heavy (non-hydrogen) atoms. The number of hydrogen-bond donors (Lipinski definition) is 2. The summed E-state index contributed by atoms with van der Waals surface area (Å²) in [4.78, 5) is 47.9. The minimum Gasteiger partial charge on any atom is -0.496 e. The molecule has 9 nitrogen and oxygen atoms in total. The second kappa shape index (κ2) is 11.9. The largest absolute Gasteiger partial charge is 0.496 e. The lowest BCUT2D eigenvalue weighted by Gasteiger charge is -2.20. The van der Waals surface area contributed by atoms with Crippen molar-refractivity contribution in [3.05, 3.63) is 29.8 Å². The SMILES string of the molecule is COC(=O)NC(=O)[C@@H](C)OC(=O)[C@H](CCSC)NC(=O)c1ccccc1OC. The van der Waals surface area contributed by atoms with Crippen LogP contribution in [0.25, 0.3) is 0 Å². The number of benzene rings is 1. The smallest absolute Gasteiger partial charge is 0.413 e. The fraction of sp³-hybridized carbons (Fsp3) is 0.444. The van der Waals surface area contributed by atoms with Crippen molar-refractivity contribution in [1.82, 2.24) is 10.6 Å². The van der Waals surface area contributed by atoms with Crippen molar-refractivity contribution in [1.29, 1.82) is 0 Å². The molecule has 3 amide bonds. The van der Waals surface area contributed by atoms with Gasteiger partial charge in [-0.15, -0.1) is 0 Å². The number of alkyl carbamates (subject to hydrolysis) is 1. The monoisotopic (exact) mass is 412 g/mol. The first-order chi connectivity index (χ1) is 13.3. The summed E-state index contributed by atoms with van der Waals surface area (Å²) in [6.07, 6.45) is -0.0498. The Morgan fingerprint density at radius 3 is 2.43 bits per heavy atom. The number of carbonyl (C=O) groups is 4. The van der Waals surface area contributed by atoms with Crippen LogP contribution in [0.1, 0.15) is 23.7 Å². The first-order valence-electron chi connectivity index (χ1n) is 8.36. The molecule has 0 bridgehead atoms. The molecular formula is C18H24N2O7S. The molecule has 0 aromatic heterocycles. The molecule has 0 unspecified atom stereocenters. The quantitative estimate of drug-likeness (QED) is 0.584. The zero-order valence-corrected chi connectivity index (χ0v) is 17.0. The number of methoxy groups -OCH3 is 2. The number of carbonyl (C=O) groups excluding carboxylic acids is 4. The maximum Gasteiger partial charge on any atom is 0.413 e. The lowest BCUT2D eigenvalue weighted by Crippen LogP contribution is -2.46. The van der Waals surface area contributed by atoms with Crippen LogP contribution in [0.5, 0.6) is 5.75 Å². The summed E-state index contributed by atoms with van der Waals surface area (Å²) >= 11 is 1.49. The molecule has 0 heterocycles. The van der Waals surface area contributed by atoms with E-state index in [1.807, 2.05) is 11.6 Å². The van der Waals surface area contributed by atoms with Crippen LogP contribution in [-0.4, -0.2) is 62.3 Å². The molecule has 0 saturated carbocycles. The number of esters is 1. The van der Waals surface area contributed by atoms with Gasteiger partial charge in [-0.05, 0) is 37.5 Å². The van der Waals surface area contributed by atoms with Crippen molar-refractivity contribution >= 4 is 35.6 Å². The van der Waals surface area contributed by atoms with Crippen LogP contribution in [0, 0.1) is 0 Å². The number of imide groups is 1. The third-order valence-electron chi connectivity index (χ3n) is 3.62. The molecule has 0 fully saturated rings. The fourth-order valence-electron chi connectivity index (χ4n) is 2.12. The van der Waals surface area contributed by atoms with Crippen molar-refractivity contribution in [2.75, 3.05) is 26.2 Å². The Morgan fingerprint density at radius 2 is 1.82 bits per heavy atom. The van der Waals surface area contributed by atoms with Crippen LogP contribution in [-0.2, 0) is 19.1 Å². The van der Waals surface area contributed by atoms with Gasteiger partial charge in [0, 0.05) is 0 Å². The number of hydrogen-bond acceptors (Lipinski definition) is 8. The van der Waals surface area contributed by atoms with E-state index >= 15 is 0 Å². The van der Waals surface area contributed by atoms with E-state index in [2.05, 4.69) is 10.1 Å². The lowest BCUT2D eigenvalue weighted by molar-refractivity contribution is -0.156. The molecule has 1 aromatic carbocycles. The van der Waals surface area contributed by atoms with Gasteiger partial charge in [0.05, 0.1) is 19.8 Å². The average Bonchev–Trinajstić information content (AvgIpc) is 2.70. The van der Waals surface area contributed by atoms with E-state index in [0.717, 1.165) is 7.11 Å². The molecule has 2 atom stereocenters. The Kier molecular flexibility index (Phi) is 9.86. The molecule has 0 radical (unpaired) electrons. The molecule has 0 aliphatic rings. The molecule has 1 rings (SSSR count). The molecule has 0 aliphatic heterocycles. The first-order valence-corrected chi connectivity index (χ1v) is 9.75. The third-order valence-corrected chi connectivity index (χ3v) is 4.27. The Hall–Kier alpha value is -2.75. The van der Waals surface area contributed by atoms with E-state index < -0.39 is 36.0 Å². The number of para-hydroxylation sites is 1. The van der Waals surface area contributed by atoms with Gasteiger partial charge in [0.25, 0.3) is 11.8 Å². The molecule has 0 aliphatic carbocycles. The van der Waals surface area contributed by atoms with Crippen molar-refractivity contribution < 1.29 is 33.4 Å². The average molecular weight is 412 g/mol. The highest BCUT2D eigenvalue weighted by molar-refractivity contribution is 7.98. The van der Waals surface area contributed by atoms with E-state index in [0.29, 0.717) is 17.9 Å². The standard InChI is InChI=1S/C18H24N2O7S/c1-11(15(21)20-18(24)26-3)27-17(23)13(9-10-28-4)19-16(22)12-7-5-6-8-14(12)25-2/h5-8,11,13H,9-10H2,1-4H3,(H,19,22)(H,20,21,24)/t11-,13+/m1/s1. The Morgan fingerprint density at radius 1 is 1.14 bits per heavy atom. The second-order valence-corrected chi connectivity index (χ2v) is 6.55. The Balaban J connectivity index is 2.83. The number of thioether (sulfide) groups is 1. The van der Waals surface area contributed by atoms with E-state index in [9.17, 15) is 19.2 Å². The van der Waals surface area contributed by atoms with Crippen LogP contribution in [0.3, 0.4) is 0 Å². The normalized spacial score (nSPS) is 12.3. The van der Waals surface area contributed by atoms with Crippen LogP contribution < -0.4 is 15.4 Å². The maximum atomic E-state index is 12.6. The third kappa shape index (κ3) is 7.10. The molecule has 2 N–H and O–H groups in total. The van der Waals surface area contributed by atoms with E-state index in [1.165, 1.54) is 25.8 Å². The van der Waals surface area contributed by atoms with E-state index in [-0.39, 0.29) is 5.56 Å². The summed E-state index contributed by atoms with van der Waals surface area (Å²) in [7, 11) is 2.54. The summed E-state index contributed by atoms with van der Waals surface area (Å²) in [6, 6.07) is 5.61. The number of amides is 3. The van der Waals surface area contributed by atoms with Crippen molar-refractivity contribution in [2.24, 2.45) is 0 Å². The molecule has 1 aromatic rings. The Labute approximate surface area is 167 Å². The fourth-order valence-corrected chi connectivity index (χ4v) is 2.59. The van der Waals surface area contributed by atoms with Gasteiger partial charge in [0.2, 0.25) is 0 Å². The van der Waals surface area contributed by atoms with Crippen molar-refractivity contribution in [3.63, 3.8) is 0 Å². The predicted molar refractivity (Wildman–Crippen MR) is 103 cm³/mol. The molecule has 154 valence electrons. The minimum absolute atomic E-state index is 0.267. The zero-order chi connectivity index (χ0) is 21.1. The van der Waals surface area contributed by atoms with E-state index in [1.54, 1.807) is 24.3 Å². The number of rotatable bonds is 9. The molecule has 0 spiro atoms. The minimum atomic E-state index is -1.24. The van der Waals surface area contributed by atoms with Crippen LogP contribution in [0.2, 0.25) is 0 Å². The summed E-state index contributed by atoms with van der Waals surface area (Å²) in [5, 5.41) is 4.52. The zero-order valence-electron chi connectivity index (χ0n) is 16.1. The van der Waals surface area contributed by atoms with Gasteiger partial charge in [-0.25, -0.2) is 9.59 Å². The van der Waals surface area contributed by atoms with Crippen LogP contribution in [0.4, 0.5) is 4.79 Å². The van der Waals surface area contributed by atoms with Gasteiger partial charge < -0.3 is 19.5 Å². The van der Waals surface area contributed by atoms with Gasteiger partial charge >= 0.3 is 12.1 Å². The van der Waals surface area contributed by atoms with Gasteiger partial charge in [-0.3, -0.25) is 14.9 Å². The van der Waals surface area contributed by atoms with Gasteiger partial charge in [-0.2, -0.15) is 11.8 Å². The Bertz CT molecular complexity index is 711. The first kappa shape index (κ1) is 23.3. The van der Waals surface area contributed by atoms with Crippen molar-refractivity contribution in [2.45, 2.75) is 25.5 Å². The van der Waals surface area contributed by atoms with Gasteiger partial charge in [-0.1, -0.05) is 12.1 Å². The van der Waals surface area contributed by atoms with Gasteiger partial charge in [0.15, 0.2) is 6.10 Å². The predicted octanol–water partition coefficient (Wildman–Crippen LogP) is 1.36. The second-order valence-electron chi connectivity index (χ2n) is 5.57. The summed E-state index contributed by atoms with van der Waals surface area (Å²) in [6.45, 7) is 1.31. The van der Waals surface area contributed by atoms with E-state index in [4.69, 9.17) is 9.47 Å². The summed E-state index contributed by atoms with van der Waals surface area (Å²) in [5.74, 6) is -1.19. The summed E-state index contributed by atoms with van der Waals surface area (Å²) in [5.41, 5.74) is 0.267. The topological polar surface area (TPSA) is 120 Å². The van der Waals surface area contributed by atoms with Crippen molar-refractivity contribution in [3.8, 4) is 5.75 Å². The van der Waals surface area contributed by atoms with Gasteiger partial charge in [0.1, 0.15) is 11.8 Å². The number of ether oxygens (including phenoxy) is 3. The summed E-state index contributed by atoms with van der Waals surface area (Å²) < 4.78 is 14.6. The van der Waals surface area contributed by atoms with Crippen LogP contribution >= 0.6 is 11.8 Å². The highest BCUT2D eigenvalue weighted by atomic mass is 32.2. The number of nitrogens with one attached hydrogen (secondary N) is 2. The maximum absolute atomic E-state index is 12.6. The molecule has 0 saturated heterocycles. The molecular weight excluding hydrogens is 388 g/mol.